The Kier molecular flexibility index (Phi) is 4.99. The highest BCUT2D eigenvalue weighted by Crippen LogP contribution is 2.24. The van der Waals surface area contributed by atoms with Crippen LogP contribution in [0.25, 0.3) is 0 Å². The van der Waals surface area contributed by atoms with Gasteiger partial charge in [0.2, 0.25) is 5.91 Å². The molecular weight excluding hydrogens is 230 g/mol. The standard InChI is InChI=1S/C11H14ClNOS/c1-3-13-11(14)8(2)15-10-6-4-9(12)5-7-10/h4-8H,3H2,1-2H3,(H,13,14)/t8-/m0/s1. The van der Waals surface area contributed by atoms with Crippen molar-refractivity contribution < 1.29 is 4.79 Å². The second-order valence-electron chi connectivity index (χ2n) is 3.11. The molecule has 1 aromatic rings. The van der Waals surface area contributed by atoms with Crippen LogP contribution in [0.4, 0.5) is 0 Å². The summed E-state index contributed by atoms with van der Waals surface area (Å²) in [7, 11) is 0. The maximum atomic E-state index is 11.5. The SMILES string of the molecule is CCNC(=O)[C@H](C)Sc1ccc(Cl)cc1. The molecule has 1 rings (SSSR count). The summed E-state index contributed by atoms with van der Waals surface area (Å²) in [5.74, 6) is 0.0671. The van der Waals surface area contributed by atoms with Crippen LogP contribution in [0, 0.1) is 0 Å². The van der Waals surface area contributed by atoms with E-state index in [0.717, 1.165) is 4.90 Å². The molecule has 0 aliphatic carbocycles. The lowest BCUT2D eigenvalue weighted by Gasteiger charge is -2.10. The summed E-state index contributed by atoms with van der Waals surface area (Å²) < 4.78 is 0. The van der Waals surface area contributed by atoms with Crippen molar-refractivity contribution in [3.8, 4) is 0 Å². The summed E-state index contributed by atoms with van der Waals surface area (Å²) in [6.07, 6.45) is 0. The molecule has 1 aromatic carbocycles. The van der Waals surface area contributed by atoms with E-state index < -0.39 is 0 Å². The van der Waals surface area contributed by atoms with E-state index in [0.29, 0.717) is 11.6 Å². The zero-order valence-corrected chi connectivity index (χ0v) is 10.4. The van der Waals surface area contributed by atoms with Gasteiger partial charge in [0.25, 0.3) is 0 Å². The minimum atomic E-state index is -0.0777. The fourth-order valence-electron chi connectivity index (χ4n) is 1.09. The van der Waals surface area contributed by atoms with E-state index >= 15 is 0 Å². The summed E-state index contributed by atoms with van der Waals surface area (Å²) in [5, 5.41) is 3.43. The molecule has 0 saturated carbocycles. The molecule has 0 spiro atoms. The Morgan fingerprint density at radius 2 is 2.07 bits per heavy atom. The number of amides is 1. The topological polar surface area (TPSA) is 29.1 Å². The van der Waals surface area contributed by atoms with E-state index in [9.17, 15) is 4.79 Å². The Morgan fingerprint density at radius 3 is 2.60 bits per heavy atom. The highest BCUT2D eigenvalue weighted by molar-refractivity contribution is 8.00. The number of carbonyl (C=O) groups excluding carboxylic acids is 1. The first-order valence-corrected chi connectivity index (χ1v) is 6.09. The fourth-order valence-corrected chi connectivity index (χ4v) is 2.11. The monoisotopic (exact) mass is 243 g/mol. The molecule has 1 N–H and O–H groups in total. The minimum absolute atomic E-state index is 0.0671. The van der Waals surface area contributed by atoms with Crippen molar-refractivity contribution in [2.75, 3.05) is 6.54 Å². The highest BCUT2D eigenvalue weighted by Gasteiger charge is 2.12. The van der Waals surface area contributed by atoms with Crippen LogP contribution < -0.4 is 5.32 Å². The minimum Gasteiger partial charge on any atom is -0.355 e. The summed E-state index contributed by atoms with van der Waals surface area (Å²) in [5.41, 5.74) is 0. The number of hydrogen-bond acceptors (Lipinski definition) is 2. The molecule has 0 saturated heterocycles. The van der Waals surface area contributed by atoms with E-state index in [1.165, 1.54) is 11.8 Å². The van der Waals surface area contributed by atoms with E-state index in [4.69, 9.17) is 11.6 Å². The fraction of sp³-hybridized carbons (Fsp3) is 0.364. The van der Waals surface area contributed by atoms with Crippen molar-refractivity contribution in [2.24, 2.45) is 0 Å². The first-order chi connectivity index (χ1) is 7.13. The lowest BCUT2D eigenvalue weighted by atomic mass is 10.4. The summed E-state index contributed by atoms with van der Waals surface area (Å²) in [6.45, 7) is 4.48. The van der Waals surface area contributed by atoms with E-state index in [1.54, 1.807) is 0 Å². The summed E-state index contributed by atoms with van der Waals surface area (Å²) in [4.78, 5) is 12.5. The second-order valence-corrected chi connectivity index (χ2v) is 4.96. The van der Waals surface area contributed by atoms with E-state index in [2.05, 4.69) is 5.32 Å². The average molecular weight is 244 g/mol. The van der Waals surface area contributed by atoms with Crippen molar-refractivity contribution in [1.29, 1.82) is 0 Å². The smallest absolute Gasteiger partial charge is 0.233 e. The third-order valence-electron chi connectivity index (χ3n) is 1.85. The van der Waals surface area contributed by atoms with Gasteiger partial charge >= 0.3 is 0 Å². The number of benzene rings is 1. The third kappa shape index (κ3) is 4.14. The van der Waals surface area contributed by atoms with Crippen LogP contribution in [0.1, 0.15) is 13.8 Å². The van der Waals surface area contributed by atoms with Gasteiger partial charge in [0.1, 0.15) is 0 Å². The molecule has 0 fully saturated rings. The molecule has 0 aliphatic heterocycles. The predicted molar refractivity (Wildman–Crippen MR) is 65.5 cm³/mol. The van der Waals surface area contributed by atoms with Crippen molar-refractivity contribution >= 4 is 29.3 Å². The molecule has 82 valence electrons. The number of thioether (sulfide) groups is 1. The van der Waals surface area contributed by atoms with Crippen molar-refractivity contribution in [1.82, 2.24) is 5.32 Å². The molecule has 0 heterocycles. The maximum Gasteiger partial charge on any atom is 0.233 e. The average Bonchev–Trinajstić information content (AvgIpc) is 2.22. The van der Waals surface area contributed by atoms with Crippen molar-refractivity contribution in [3.63, 3.8) is 0 Å². The summed E-state index contributed by atoms with van der Waals surface area (Å²) in [6, 6.07) is 7.49. The summed E-state index contributed by atoms with van der Waals surface area (Å²) >= 11 is 7.30. The van der Waals surface area contributed by atoms with Gasteiger partial charge < -0.3 is 5.32 Å². The Hall–Kier alpha value is -0.670. The van der Waals surface area contributed by atoms with Gasteiger partial charge in [-0.3, -0.25) is 4.79 Å². The van der Waals surface area contributed by atoms with Crippen LogP contribution in [0.15, 0.2) is 29.2 Å². The van der Waals surface area contributed by atoms with Gasteiger partial charge in [-0.05, 0) is 38.1 Å². The molecular formula is C11H14ClNOS. The number of hydrogen-bond donors (Lipinski definition) is 1. The molecule has 4 heteroatoms. The zero-order valence-electron chi connectivity index (χ0n) is 8.79. The zero-order chi connectivity index (χ0) is 11.3. The predicted octanol–water partition coefficient (Wildman–Crippen LogP) is 2.96. The van der Waals surface area contributed by atoms with Crippen LogP contribution in [0.3, 0.4) is 0 Å². The Morgan fingerprint density at radius 1 is 1.47 bits per heavy atom. The van der Waals surface area contributed by atoms with Gasteiger partial charge in [-0.15, -0.1) is 11.8 Å². The molecule has 1 atom stereocenters. The quantitative estimate of drug-likeness (QED) is 0.824. The molecule has 0 aliphatic rings. The number of carbonyl (C=O) groups is 1. The molecule has 15 heavy (non-hydrogen) atoms. The van der Waals surface area contributed by atoms with Gasteiger partial charge in [0.15, 0.2) is 0 Å². The first kappa shape index (κ1) is 12.4. The van der Waals surface area contributed by atoms with Gasteiger partial charge in [-0.1, -0.05) is 11.6 Å². The van der Waals surface area contributed by atoms with Gasteiger partial charge in [0.05, 0.1) is 5.25 Å². The molecule has 0 bridgehead atoms. The van der Waals surface area contributed by atoms with Crippen molar-refractivity contribution in [3.05, 3.63) is 29.3 Å². The molecule has 0 aromatic heterocycles. The van der Waals surface area contributed by atoms with Gasteiger partial charge in [-0.2, -0.15) is 0 Å². The largest absolute Gasteiger partial charge is 0.355 e. The van der Waals surface area contributed by atoms with E-state index in [-0.39, 0.29) is 11.2 Å². The molecule has 0 unspecified atom stereocenters. The molecule has 0 radical (unpaired) electrons. The Balaban J connectivity index is 2.54. The van der Waals surface area contributed by atoms with Crippen LogP contribution in [-0.4, -0.2) is 17.7 Å². The van der Waals surface area contributed by atoms with Crippen molar-refractivity contribution in [2.45, 2.75) is 24.0 Å². The van der Waals surface area contributed by atoms with Crippen LogP contribution in [-0.2, 0) is 4.79 Å². The van der Waals surface area contributed by atoms with Gasteiger partial charge in [-0.25, -0.2) is 0 Å². The molecule has 2 nitrogen and oxygen atoms in total. The lowest BCUT2D eigenvalue weighted by Crippen LogP contribution is -2.30. The number of nitrogens with one attached hydrogen (secondary N) is 1. The van der Waals surface area contributed by atoms with Gasteiger partial charge in [0, 0.05) is 16.5 Å². The first-order valence-electron chi connectivity index (χ1n) is 4.83. The maximum absolute atomic E-state index is 11.5. The van der Waals surface area contributed by atoms with Crippen LogP contribution in [0.2, 0.25) is 5.02 Å². The molecule has 1 amide bonds. The third-order valence-corrected chi connectivity index (χ3v) is 3.21. The van der Waals surface area contributed by atoms with Crippen LogP contribution >= 0.6 is 23.4 Å². The number of rotatable bonds is 4. The number of halogens is 1. The van der Waals surface area contributed by atoms with Crippen LogP contribution in [0.5, 0.6) is 0 Å². The normalized spacial score (nSPS) is 12.2. The Labute approximate surface area is 99.4 Å². The second kappa shape index (κ2) is 6.03. The Bertz CT molecular complexity index is 326. The lowest BCUT2D eigenvalue weighted by molar-refractivity contribution is -0.120. The van der Waals surface area contributed by atoms with E-state index in [1.807, 2.05) is 38.1 Å². The highest BCUT2D eigenvalue weighted by atomic mass is 35.5.